The van der Waals surface area contributed by atoms with Crippen LogP contribution in [0.4, 0.5) is 10.1 Å². The molecule has 0 saturated carbocycles. The number of hydrazine groups is 1. The highest BCUT2D eigenvalue weighted by Crippen LogP contribution is 2.18. The van der Waals surface area contributed by atoms with E-state index in [1.54, 1.807) is 6.07 Å². The van der Waals surface area contributed by atoms with Crippen LogP contribution in [-0.2, 0) is 0 Å². The summed E-state index contributed by atoms with van der Waals surface area (Å²) in [5.74, 6) is -0.374. The fourth-order valence-corrected chi connectivity index (χ4v) is 1.88. The summed E-state index contributed by atoms with van der Waals surface area (Å²) in [4.78, 5) is 0. The number of piperidine rings is 1. The molecule has 0 atom stereocenters. The first kappa shape index (κ1) is 10.9. The van der Waals surface area contributed by atoms with Crippen LogP contribution in [-0.4, -0.2) is 18.1 Å². The third kappa shape index (κ3) is 2.50. The second-order valence-electron chi connectivity index (χ2n) is 3.96. The monoisotopic (exact) mass is 219 g/mol. The van der Waals surface area contributed by atoms with E-state index in [2.05, 4.69) is 10.4 Å². The average Bonchev–Trinajstić information content (AvgIpc) is 2.33. The van der Waals surface area contributed by atoms with Crippen LogP contribution in [0.2, 0.25) is 0 Å². The number of nitriles is 1. The molecule has 0 unspecified atom stereocenters. The molecule has 1 heterocycles. The van der Waals surface area contributed by atoms with Crippen LogP contribution < -0.4 is 5.43 Å². The number of nitrogens with one attached hydrogen (secondary N) is 1. The summed E-state index contributed by atoms with van der Waals surface area (Å²) in [5.41, 5.74) is 4.21. The maximum atomic E-state index is 12.9. The highest BCUT2D eigenvalue weighted by Gasteiger charge is 2.11. The number of anilines is 1. The largest absolute Gasteiger partial charge is 0.318 e. The molecule has 2 rings (SSSR count). The Morgan fingerprint density at radius 3 is 2.69 bits per heavy atom. The van der Waals surface area contributed by atoms with Crippen LogP contribution >= 0.6 is 0 Å². The van der Waals surface area contributed by atoms with E-state index < -0.39 is 0 Å². The molecular weight excluding hydrogens is 205 g/mol. The average molecular weight is 219 g/mol. The molecule has 1 N–H and O–H groups in total. The van der Waals surface area contributed by atoms with Crippen LogP contribution in [0, 0.1) is 17.1 Å². The zero-order valence-corrected chi connectivity index (χ0v) is 9.04. The lowest BCUT2D eigenvalue weighted by atomic mass is 10.1. The Morgan fingerprint density at radius 1 is 1.25 bits per heavy atom. The van der Waals surface area contributed by atoms with Crippen LogP contribution in [0.25, 0.3) is 0 Å². The van der Waals surface area contributed by atoms with Gasteiger partial charge in [0.25, 0.3) is 0 Å². The molecule has 0 bridgehead atoms. The zero-order chi connectivity index (χ0) is 11.4. The number of hydrogen-bond acceptors (Lipinski definition) is 3. The predicted octanol–water partition coefficient (Wildman–Crippen LogP) is 2.51. The molecule has 0 aliphatic carbocycles. The van der Waals surface area contributed by atoms with Crippen molar-refractivity contribution in [2.45, 2.75) is 19.3 Å². The Kier molecular flexibility index (Phi) is 3.37. The zero-order valence-electron chi connectivity index (χ0n) is 9.04. The molecule has 3 nitrogen and oxygen atoms in total. The molecular formula is C12H14FN3. The van der Waals surface area contributed by atoms with Crippen molar-refractivity contribution in [1.29, 1.82) is 5.26 Å². The van der Waals surface area contributed by atoms with Crippen molar-refractivity contribution >= 4 is 5.69 Å². The molecule has 84 valence electrons. The third-order valence-electron chi connectivity index (χ3n) is 2.74. The molecule has 16 heavy (non-hydrogen) atoms. The lowest BCUT2D eigenvalue weighted by Gasteiger charge is -2.28. The Hall–Kier alpha value is -1.60. The van der Waals surface area contributed by atoms with E-state index in [-0.39, 0.29) is 5.82 Å². The van der Waals surface area contributed by atoms with Crippen LogP contribution in [0.5, 0.6) is 0 Å². The molecule has 0 amide bonds. The second-order valence-corrected chi connectivity index (χ2v) is 3.96. The van der Waals surface area contributed by atoms with Gasteiger partial charge in [0.2, 0.25) is 0 Å². The van der Waals surface area contributed by atoms with Gasteiger partial charge in [-0.15, -0.1) is 0 Å². The molecule has 1 saturated heterocycles. The Balaban J connectivity index is 2.11. The fraction of sp³-hybridized carbons (Fsp3) is 0.417. The standard InChI is InChI=1S/C12H14FN3/c13-11-4-5-12(10(8-11)9-14)15-16-6-2-1-3-7-16/h4-5,8,15H,1-3,6-7H2. The number of nitrogens with zero attached hydrogens (tertiary/aromatic N) is 2. The molecule has 4 heteroatoms. The Labute approximate surface area is 94.5 Å². The summed E-state index contributed by atoms with van der Waals surface area (Å²) in [6, 6.07) is 6.23. The van der Waals surface area contributed by atoms with Crippen LogP contribution in [0.1, 0.15) is 24.8 Å². The van der Waals surface area contributed by atoms with Crippen molar-refractivity contribution in [2.24, 2.45) is 0 Å². The van der Waals surface area contributed by atoms with Gasteiger partial charge in [0, 0.05) is 13.1 Å². The first-order valence-electron chi connectivity index (χ1n) is 5.51. The molecule has 0 aromatic heterocycles. The number of halogens is 1. The number of hydrogen-bond donors (Lipinski definition) is 1. The SMILES string of the molecule is N#Cc1cc(F)ccc1NN1CCCCC1. The normalized spacial score (nSPS) is 16.8. The van der Waals surface area contributed by atoms with E-state index >= 15 is 0 Å². The maximum Gasteiger partial charge on any atom is 0.124 e. The first-order chi connectivity index (χ1) is 7.79. The minimum absolute atomic E-state index is 0.352. The molecule has 0 radical (unpaired) electrons. The van der Waals surface area contributed by atoms with Gasteiger partial charge in [0.05, 0.1) is 11.3 Å². The lowest BCUT2D eigenvalue weighted by Crippen LogP contribution is -2.35. The third-order valence-corrected chi connectivity index (χ3v) is 2.74. The van der Waals surface area contributed by atoms with Gasteiger partial charge >= 0.3 is 0 Å². The highest BCUT2D eigenvalue weighted by atomic mass is 19.1. The van der Waals surface area contributed by atoms with Crippen molar-refractivity contribution in [1.82, 2.24) is 5.01 Å². The van der Waals surface area contributed by atoms with E-state index in [0.29, 0.717) is 11.3 Å². The highest BCUT2D eigenvalue weighted by molar-refractivity contribution is 5.56. The van der Waals surface area contributed by atoms with E-state index in [1.807, 2.05) is 6.07 Å². The van der Waals surface area contributed by atoms with Crippen molar-refractivity contribution in [3.63, 3.8) is 0 Å². The first-order valence-corrected chi connectivity index (χ1v) is 5.51. The lowest BCUT2D eigenvalue weighted by molar-refractivity contribution is 0.273. The predicted molar refractivity (Wildman–Crippen MR) is 60.2 cm³/mol. The van der Waals surface area contributed by atoms with Crippen molar-refractivity contribution in [2.75, 3.05) is 18.5 Å². The van der Waals surface area contributed by atoms with Gasteiger partial charge in [0.1, 0.15) is 11.9 Å². The molecule has 1 aliphatic rings. The Bertz CT molecular complexity index is 405. The molecule has 1 fully saturated rings. The number of rotatable bonds is 2. The van der Waals surface area contributed by atoms with E-state index in [1.165, 1.54) is 18.6 Å². The maximum absolute atomic E-state index is 12.9. The summed E-state index contributed by atoms with van der Waals surface area (Å²) >= 11 is 0. The van der Waals surface area contributed by atoms with Gasteiger partial charge in [-0.2, -0.15) is 5.26 Å². The van der Waals surface area contributed by atoms with Gasteiger partial charge in [-0.25, -0.2) is 9.40 Å². The topological polar surface area (TPSA) is 39.1 Å². The van der Waals surface area contributed by atoms with Crippen molar-refractivity contribution in [3.8, 4) is 6.07 Å². The molecule has 0 spiro atoms. The van der Waals surface area contributed by atoms with Gasteiger partial charge < -0.3 is 5.43 Å². The summed E-state index contributed by atoms with van der Waals surface area (Å²) in [5, 5.41) is 11.0. The molecule has 1 aliphatic heterocycles. The molecule has 1 aromatic rings. The number of benzene rings is 1. The van der Waals surface area contributed by atoms with Gasteiger partial charge in [-0.1, -0.05) is 6.42 Å². The molecule has 1 aromatic carbocycles. The van der Waals surface area contributed by atoms with Crippen molar-refractivity contribution < 1.29 is 4.39 Å². The second kappa shape index (κ2) is 4.95. The minimum Gasteiger partial charge on any atom is -0.318 e. The quantitative estimate of drug-likeness (QED) is 0.830. The van der Waals surface area contributed by atoms with E-state index in [0.717, 1.165) is 25.9 Å². The summed E-state index contributed by atoms with van der Waals surface area (Å²) in [7, 11) is 0. The van der Waals surface area contributed by atoms with Gasteiger partial charge in [-0.3, -0.25) is 0 Å². The van der Waals surface area contributed by atoms with Crippen LogP contribution in [0.15, 0.2) is 18.2 Å². The van der Waals surface area contributed by atoms with Gasteiger partial charge in [0.15, 0.2) is 0 Å². The Morgan fingerprint density at radius 2 is 2.00 bits per heavy atom. The fourth-order valence-electron chi connectivity index (χ4n) is 1.88. The van der Waals surface area contributed by atoms with Crippen molar-refractivity contribution in [3.05, 3.63) is 29.6 Å². The van der Waals surface area contributed by atoms with Crippen LogP contribution in [0.3, 0.4) is 0 Å². The summed E-state index contributed by atoms with van der Waals surface area (Å²) in [6.45, 7) is 1.95. The van der Waals surface area contributed by atoms with Gasteiger partial charge in [-0.05, 0) is 31.0 Å². The van der Waals surface area contributed by atoms with E-state index in [4.69, 9.17) is 5.26 Å². The summed E-state index contributed by atoms with van der Waals surface area (Å²) < 4.78 is 12.9. The summed E-state index contributed by atoms with van der Waals surface area (Å²) in [6.07, 6.45) is 3.58. The van der Waals surface area contributed by atoms with E-state index in [9.17, 15) is 4.39 Å². The smallest absolute Gasteiger partial charge is 0.124 e. The minimum atomic E-state index is -0.374.